The number of hydrogen-bond acceptors (Lipinski definition) is 6. The van der Waals surface area contributed by atoms with Gasteiger partial charge in [0, 0.05) is 35.2 Å². The molecule has 1 heterocycles. The first kappa shape index (κ1) is 25.5. The number of carbonyl (C=O) groups is 2. The first-order chi connectivity index (χ1) is 17.9. The van der Waals surface area contributed by atoms with Gasteiger partial charge in [-0.2, -0.15) is 0 Å². The van der Waals surface area contributed by atoms with Crippen molar-refractivity contribution in [2.45, 2.75) is 13.5 Å². The van der Waals surface area contributed by atoms with Gasteiger partial charge in [-0.25, -0.2) is 10.2 Å². The number of benzene rings is 3. The number of urea groups is 1. The number of phenols is 1. The average Bonchev–Trinajstić information content (AvgIpc) is 2.89. The molecule has 5 N–H and O–H groups in total. The van der Waals surface area contributed by atoms with Crippen LogP contribution in [-0.4, -0.2) is 22.0 Å². The fourth-order valence-corrected chi connectivity index (χ4v) is 3.39. The monoisotopic (exact) mass is 517 g/mol. The molecular weight excluding hydrogens is 494 g/mol. The molecule has 4 aromatic rings. The van der Waals surface area contributed by atoms with Crippen molar-refractivity contribution in [2.24, 2.45) is 0 Å². The number of aromatic hydroxyl groups is 1. The van der Waals surface area contributed by atoms with Crippen LogP contribution in [0.15, 0.2) is 85.1 Å². The molecule has 3 aromatic carbocycles. The molecule has 1 aromatic heterocycles. The minimum atomic E-state index is -0.426. The van der Waals surface area contributed by atoms with E-state index in [-0.39, 0.29) is 11.4 Å². The topological polar surface area (TPSA) is 125 Å². The maximum atomic E-state index is 12.4. The highest BCUT2D eigenvalue weighted by Crippen LogP contribution is 2.24. The maximum absolute atomic E-state index is 12.4. The van der Waals surface area contributed by atoms with Crippen LogP contribution in [0.4, 0.5) is 16.2 Å². The molecule has 0 fully saturated rings. The third-order valence-corrected chi connectivity index (χ3v) is 5.58. The Bertz CT molecular complexity index is 1400. The van der Waals surface area contributed by atoms with E-state index in [2.05, 4.69) is 26.5 Å². The zero-order chi connectivity index (χ0) is 26.2. The van der Waals surface area contributed by atoms with Gasteiger partial charge in [0.15, 0.2) is 0 Å². The first-order valence-electron chi connectivity index (χ1n) is 11.2. The minimum absolute atomic E-state index is 0.168. The Morgan fingerprint density at radius 3 is 2.32 bits per heavy atom. The van der Waals surface area contributed by atoms with Crippen molar-refractivity contribution in [2.75, 3.05) is 10.6 Å². The molecule has 0 aliphatic carbocycles. The van der Waals surface area contributed by atoms with Gasteiger partial charge in [0.05, 0.1) is 0 Å². The fraction of sp³-hybridized carbons (Fsp3) is 0.0741. The van der Waals surface area contributed by atoms with Gasteiger partial charge in [0.25, 0.3) is 5.91 Å². The van der Waals surface area contributed by atoms with E-state index in [0.717, 1.165) is 11.1 Å². The number of nitrogens with zero attached hydrogens (tertiary/aromatic N) is 1. The van der Waals surface area contributed by atoms with E-state index < -0.39 is 11.9 Å². The van der Waals surface area contributed by atoms with E-state index >= 15 is 0 Å². The summed E-state index contributed by atoms with van der Waals surface area (Å²) < 4.78 is 5.83. The molecule has 0 saturated heterocycles. The predicted molar refractivity (Wildman–Crippen MR) is 142 cm³/mol. The number of phenolic OH excluding ortho intramolecular Hbond substituents is 1. The normalized spacial score (nSPS) is 10.4. The summed E-state index contributed by atoms with van der Waals surface area (Å²) in [5, 5.41) is 15.4. The average molecular weight is 518 g/mol. The molecule has 188 valence electrons. The number of aromatic nitrogens is 1. The lowest BCUT2D eigenvalue weighted by Gasteiger charge is -2.11. The molecule has 0 atom stereocenters. The molecule has 9 nitrogen and oxygen atoms in total. The molecule has 0 radical (unpaired) electrons. The quantitative estimate of drug-likeness (QED) is 0.193. The number of ether oxygens (including phenoxy) is 1. The van der Waals surface area contributed by atoms with Gasteiger partial charge in [0.2, 0.25) is 0 Å². The lowest BCUT2D eigenvalue weighted by molar-refractivity contribution is 0.0926. The van der Waals surface area contributed by atoms with E-state index in [1.807, 2.05) is 13.0 Å². The maximum Gasteiger partial charge on any atom is 0.323 e. The number of aryl methyl sites for hydroxylation is 1. The third-order valence-electron chi connectivity index (χ3n) is 5.17. The van der Waals surface area contributed by atoms with Gasteiger partial charge in [-0.3, -0.25) is 15.2 Å². The summed E-state index contributed by atoms with van der Waals surface area (Å²) in [6, 6.07) is 21.4. The van der Waals surface area contributed by atoms with Crippen molar-refractivity contribution >= 4 is 34.9 Å². The summed E-state index contributed by atoms with van der Waals surface area (Å²) in [5.74, 6) is 0.686. The van der Waals surface area contributed by atoms with Gasteiger partial charge in [0.1, 0.15) is 22.9 Å². The van der Waals surface area contributed by atoms with Crippen molar-refractivity contribution < 1.29 is 19.4 Å². The van der Waals surface area contributed by atoms with Gasteiger partial charge >= 0.3 is 6.03 Å². The number of pyridine rings is 1. The molecule has 0 bridgehead atoms. The Labute approximate surface area is 218 Å². The summed E-state index contributed by atoms with van der Waals surface area (Å²) in [6.45, 7) is 2.26. The van der Waals surface area contributed by atoms with Crippen molar-refractivity contribution in [1.82, 2.24) is 15.8 Å². The Balaban J connectivity index is 1.28. The highest BCUT2D eigenvalue weighted by atomic mass is 35.5. The zero-order valence-corrected chi connectivity index (χ0v) is 20.5. The summed E-state index contributed by atoms with van der Waals surface area (Å²) >= 11 is 6.10. The highest BCUT2D eigenvalue weighted by molar-refractivity contribution is 6.31. The predicted octanol–water partition coefficient (Wildman–Crippen LogP) is 5.62. The third kappa shape index (κ3) is 7.44. The lowest BCUT2D eigenvalue weighted by atomic mass is 10.2. The molecule has 0 aliphatic rings. The second kappa shape index (κ2) is 11.9. The van der Waals surface area contributed by atoms with Crippen LogP contribution in [0, 0.1) is 6.92 Å². The lowest BCUT2D eigenvalue weighted by Crippen LogP contribution is -2.37. The largest absolute Gasteiger partial charge is 0.508 e. The first-order valence-corrected chi connectivity index (χ1v) is 11.6. The molecule has 10 heteroatoms. The van der Waals surface area contributed by atoms with Gasteiger partial charge < -0.3 is 20.5 Å². The number of hydrazine groups is 1. The summed E-state index contributed by atoms with van der Waals surface area (Å²) in [7, 11) is 0. The van der Waals surface area contributed by atoms with E-state index in [1.165, 1.54) is 12.3 Å². The Hall–Kier alpha value is -4.60. The summed E-state index contributed by atoms with van der Waals surface area (Å²) in [5.41, 5.74) is 8.53. The molecular formula is C27H24ClN5O4. The van der Waals surface area contributed by atoms with Gasteiger partial charge in [-0.1, -0.05) is 29.8 Å². The van der Waals surface area contributed by atoms with Crippen LogP contribution in [0.5, 0.6) is 17.2 Å². The van der Waals surface area contributed by atoms with Gasteiger partial charge in [-0.15, -0.1) is 0 Å². The minimum Gasteiger partial charge on any atom is -0.508 e. The standard InChI is InChI=1S/C27H24ClN5O4/c1-17-2-5-20(14-24(17)28)32-27(36)31-19-6-10-22(11-7-19)37-23-12-13-29-25(15-23)26(35)33-30-16-18-3-8-21(34)9-4-18/h2-15,30,34H,16H2,1H3,(H,33,35)(H2,31,32,36). The number of anilines is 2. The van der Waals surface area contributed by atoms with Crippen LogP contribution in [0.3, 0.4) is 0 Å². The van der Waals surface area contributed by atoms with Crippen molar-refractivity contribution in [1.29, 1.82) is 0 Å². The zero-order valence-electron chi connectivity index (χ0n) is 19.8. The van der Waals surface area contributed by atoms with Crippen LogP contribution in [-0.2, 0) is 6.54 Å². The number of hydrogen-bond donors (Lipinski definition) is 5. The number of amides is 3. The number of halogens is 1. The van der Waals surface area contributed by atoms with E-state index in [0.29, 0.717) is 34.4 Å². The smallest absolute Gasteiger partial charge is 0.323 e. The Morgan fingerprint density at radius 2 is 1.59 bits per heavy atom. The molecule has 0 saturated carbocycles. The van der Waals surface area contributed by atoms with Crippen molar-refractivity contribution in [3.63, 3.8) is 0 Å². The van der Waals surface area contributed by atoms with E-state index in [4.69, 9.17) is 16.3 Å². The van der Waals surface area contributed by atoms with Crippen LogP contribution in [0.25, 0.3) is 0 Å². The Kier molecular flexibility index (Phi) is 8.19. The molecule has 0 spiro atoms. The number of nitrogens with one attached hydrogen (secondary N) is 4. The highest BCUT2D eigenvalue weighted by Gasteiger charge is 2.09. The van der Waals surface area contributed by atoms with Crippen LogP contribution < -0.4 is 26.2 Å². The van der Waals surface area contributed by atoms with Gasteiger partial charge in [-0.05, 0) is 72.6 Å². The molecule has 0 unspecified atom stereocenters. The number of carbonyl (C=O) groups excluding carboxylic acids is 2. The Morgan fingerprint density at radius 1 is 0.892 bits per heavy atom. The van der Waals surface area contributed by atoms with Crippen molar-refractivity contribution in [3.8, 4) is 17.2 Å². The van der Waals surface area contributed by atoms with Crippen LogP contribution in [0.1, 0.15) is 21.6 Å². The van der Waals surface area contributed by atoms with E-state index in [1.54, 1.807) is 66.7 Å². The fourth-order valence-electron chi connectivity index (χ4n) is 3.21. The summed E-state index contributed by atoms with van der Waals surface area (Å²) in [4.78, 5) is 28.8. The van der Waals surface area contributed by atoms with Crippen LogP contribution >= 0.6 is 11.6 Å². The molecule has 37 heavy (non-hydrogen) atoms. The summed E-state index contributed by atoms with van der Waals surface area (Å²) in [6.07, 6.45) is 1.47. The molecule has 4 rings (SSSR count). The second-order valence-electron chi connectivity index (χ2n) is 8.02. The SMILES string of the molecule is Cc1ccc(NC(=O)Nc2ccc(Oc3ccnc(C(=O)NNCc4ccc(O)cc4)c3)cc2)cc1Cl. The van der Waals surface area contributed by atoms with E-state index in [9.17, 15) is 14.7 Å². The molecule has 0 aliphatic heterocycles. The van der Waals surface area contributed by atoms with Crippen LogP contribution in [0.2, 0.25) is 5.02 Å². The number of rotatable bonds is 8. The second-order valence-corrected chi connectivity index (χ2v) is 8.43. The molecule has 3 amide bonds. The van der Waals surface area contributed by atoms with Crippen molar-refractivity contribution in [3.05, 3.63) is 107 Å².